The molecular weight excluding hydrogens is 347 g/mol. The second-order valence-corrected chi connectivity index (χ2v) is 6.33. The molecule has 0 amide bonds. The lowest BCUT2D eigenvalue weighted by Crippen LogP contribution is -2.41. The van der Waals surface area contributed by atoms with Crippen LogP contribution in [0.5, 0.6) is 0 Å². The maximum atomic E-state index is 12.9. The van der Waals surface area contributed by atoms with Gasteiger partial charge in [-0.2, -0.15) is 13.2 Å². The molecule has 25 heavy (non-hydrogen) atoms. The Bertz CT molecular complexity index is 717. The molecule has 2 rings (SSSR count). The van der Waals surface area contributed by atoms with Crippen molar-refractivity contribution >= 4 is 23.0 Å². The Labute approximate surface area is 150 Å². The van der Waals surface area contributed by atoms with Crippen LogP contribution in [0.3, 0.4) is 0 Å². The van der Waals surface area contributed by atoms with E-state index in [4.69, 9.17) is 12.2 Å². The summed E-state index contributed by atoms with van der Waals surface area (Å²) in [5.74, 6) is 0. The molecule has 0 saturated carbocycles. The van der Waals surface area contributed by atoms with Crippen molar-refractivity contribution in [2.24, 2.45) is 0 Å². The van der Waals surface area contributed by atoms with E-state index in [1.54, 1.807) is 12.3 Å². The maximum absolute atomic E-state index is 12.9. The van der Waals surface area contributed by atoms with Crippen molar-refractivity contribution in [3.63, 3.8) is 0 Å². The number of hydrogen-bond acceptors (Lipinski definition) is 2. The number of aromatic nitrogens is 1. The highest BCUT2D eigenvalue weighted by Gasteiger charge is 2.30. The van der Waals surface area contributed by atoms with Crippen molar-refractivity contribution in [2.45, 2.75) is 39.0 Å². The molecular formula is C18H20F3N3S. The predicted octanol–water partition coefficient (Wildman–Crippen LogP) is 5.27. The molecule has 0 saturated heterocycles. The molecule has 1 atom stereocenters. The van der Waals surface area contributed by atoms with Crippen LogP contribution in [-0.4, -0.2) is 21.0 Å². The number of thiocarbonyl (C=S) groups is 1. The van der Waals surface area contributed by atoms with Crippen LogP contribution < -0.4 is 5.32 Å². The Morgan fingerprint density at radius 2 is 1.84 bits per heavy atom. The molecule has 2 aromatic rings. The van der Waals surface area contributed by atoms with E-state index in [1.807, 2.05) is 43.9 Å². The van der Waals surface area contributed by atoms with Gasteiger partial charge < -0.3 is 10.2 Å². The lowest BCUT2D eigenvalue weighted by atomic mass is 10.1. The first-order valence-corrected chi connectivity index (χ1v) is 8.28. The van der Waals surface area contributed by atoms with Gasteiger partial charge in [0.2, 0.25) is 0 Å². The smallest absolute Gasteiger partial charge is 0.338 e. The molecule has 7 heteroatoms. The summed E-state index contributed by atoms with van der Waals surface area (Å²) >= 11 is 5.45. The molecule has 1 aromatic carbocycles. The third-order valence-corrected chi connectivity index (χ3v) is 4.08. The summed E-state index contributed by atoms with van der Waals surface area (Å²) < 4.78 is 38.6. The number of rotatable bonds is 4. The van der Waals surface area contributed by atoms with E-state index in [1.165, 1.54) is 6.07 Å². The number of halogens is 3. The van der Waals surface area contributed by atoms with Crippen LogP contribution in [0.25, 0.3) is 0 Å². The molecule has 1 heterocycles. The van der Waals surface area contributed by atoms with Gasteiger partial charge in [0.25, 0.3) is 0 Å². The first-order chi connectivity index (χ1) is 11.7. The van der Waals surface area contributed by atoms with Crippen molar-refractivity contribution in [3.05, 3.63) is 59.9 Å². The van der Waals surface area contributed by atoms with Gasteiger partial charge in [0.1, 0.15) is 0 Å². The molecule has 0 aliphatic rings. The molecule has 0 aliphatic heterocycles. The van der Waals surface area contributed by atoms with E-state index < -0.39 is 11.7 Å². The number of hydrogen-bond donors (Lipinski definition) is 1. The average molecular weight is 367 g/mol. The van der Waals surface area contributed by atoms with Crippen LogP contribution in [0.4, 0.5) is 18.9 Å². The third kappa shape index (κ3) is 4.92. The van der Waals surface area contributed by atoms with Crippen LogP contribution >= 0.6 is 12.2 Å². The second kappa shape index (κ2) is 7.82. The highest BCUT2D eigenvalue weighted by atomic mass is 32.1. The van der Waals surface area contributed by atoms with E-state index in [0.29, 0.717) is 10.8 Å². The van der Waals surface area contributed by atoms with Crippen molar-refractivity contribution in [3.8, 4) is 0 Å². The Morgan fingerprint density at radius 3 is 2.40 bits per heavy atom. The highest BCUT2D eigenvalue weighted by Crippen LogP contribution is 2.31. The van der Waals surface area contributed by atoms with Crippen molar-refractivity contribution in [2.75, 3.05) is 5.32 Å². The summed E-state index contributed by atoms with van der Waals surface area (Å²) in [5.41, 5.74) is 0.428. The molecule has 0 radical (unpaired) electrons. The Morgan fingerprint density at radius 1 is 1.12 bits per heavy atom. The summed E-state index contributed by atoms with van der Waals surface area (Å²) in [7, 11) is 0. The molecule has 1 aromatic heterocycles. The number of pyridine rings is 1. The fraction of sp³-hybridized carbons (Fsp3) is 0.333. The average Bonchev–Trinajstić information content (AvgIpc) is 2.54. The van der Waals surface area contributed by atoms with Gasteiger partial charge in [0.15, 0.2) is 5.11 Å². The van der Waals surface area contributed by atoms with Crippen molar-refractivity contribution in [1.82, 2.24) is 9.88 Å². The molecule has 1 N–H and O–H groups in total. The summed E-state index contributed by atoms with van der Waals surface area (Å²) in [6.45, 7) is 5.90. The molecule has 3 nitrogen and oxygen atoms in total. The normalized spacial score (nSPS) is 12.8. The van der Waals surface area contributed by atoms with Crippen LogP contribution in [0.2, 0.25) is 0 Å². The van der Waals surface area contributed by atoms with Gasteiger partial charge in [-0.05, 0) is 63.3 Å². The Balaban J connectivity index is 2.22. The lowest BCUT2D eigenvalue weighted by molar-refractivity contribution is -0.137. The summed E-state index contributed by atoms with van der Waals surface area (Å²) in [4.78, 5) is 6.25. The Kier molecular flexibility index (Phi) is 6.00. The Hall–Kier alpha value is -2.15. The van der Waals surface area contributed by atoms with Gasteiger partial charge in [0, 0.05) is 17.9 Å². The minimum Gasteiger partial charge on any atom is -0.338 e. The number of alkyl halides is 3. The number of anilines is 1. The van der Waals surface area contributed by atoms with Crippen molar-refractivity contribution < 1.29 is 13.2 Å². The summed E-state index contributed by atoms with van der Waals surface area (Å²) in [5, 5.41) is 3.27. The zero-order valence-electron chi connectivity index (χ0n) is 14.2. The third-order valence-electron chi connectivity index (χ3n) is 3.77. The van der Waals surface area contributed by atoms with E-state index in [9.17, 15) is 13.2 Å². The number of nitrogens with zero attached hydrogens (tertiary/aromatic N) is 2. The topological polar surface area (TPSA) is 28.2 Å². The van der Waals surface area contributed by atoms with E-state index in [0.717, 1.165) is 17.8 Å². The van der Waals surface area contributed by atoms with Crippen molar-refractivity contribution in [1.29, 1.82) is 0 Å². The fourth-order valence-corrected chi connectivity index (χ4v) is 3.07. The molecule has 0 fully saturated rings. The molecule has 0 bridgehead atoms. The van der Waals surface area contributed by atoms with E-state index in [-0.39, 0.29) is 12.1 Å². The molecule has 0 aliphatic carbocycles. The minimum atomic E-state index is -4.39. The highest BCUT2D eigenvalue weighted by molar-refractivity contribution is 7.80. The minimum absolute atomic E-state index is 0.0443. The molecule has 134 valence electrons. The fourth-order valence-electron chi connectivity index (χ4n) is 2.58. The zero-order valence-corrected chi connectivity index (χ0v) is 15.0. The maximum Gasteiger partial charge on any atom is 0.416 e. The predicted molar refractivity (Wildman–Crippen MR) is 97.3 cm³/mol. The van der Waals surface area contributed by atoms with E-state index >= 15 is 0 Å². The standard InChI is InChI=1S/C18H20F3N3S/c1-12(2)24(13(3)16-9-4-5-10-22-16)17(25)23-15-8-6-7-14(11-15)18(19,20)21/h4-13H,1-3H3,(H,23,25)/t13-/m1/s1. The van der Waals surface area contributed by atoms with Gasteiger partial charge in [-0.3, -0.25) is 4.98 Å². The molecule has 0 unspecified atom stereocenters. The number of benzene rings is 1. The summed E-state index contributed by atoms with van der Waals surface area (Å²) in [6, 6.07) is 10.5. The van der Waals surface area contributed by atoms with Crippen LogP contribution in [-0.2, 0) is 6.18 Å². The zero-order chi connectivity index (χ0) is 18.6. The van der Waals surface area contributed by atoms with Gasteiger partial charge in [-0.15, -0.1) is 0 Å². The van der Waals surface area contributed by atoms with Crippen LogP contribution in [0.1, 0.15) is 38.1 Å². The quantitative estimate of drug-likeness (QED) is 0.745. The van der Waals surface area contributed by atoms with Gasteiger partial charge >= 0.3 is 6.18 Å². The number of nitrogens with one attached hydrogen (secondary N) is 1. The van der Waals surface area contributed by atoms with Crippen LogP contribution in [0.15, 0.2) is 48.7 Å². The molecule has 0 spiro atoms. The van der Waals surface area contributed by atoms with Gasteiger partial charge in [-0.25, -0.2) is 0 Å². The van der Waals surface area contributed by atoms with E-state index in [2.05, 4.69) is 10.3 Å². The first kappa shape index (κ1) is 19.2. The lowest BCUT2D eigenvalue weighted by Gasteiger charge is -2.35. The largest absolute Gasteiger partial charge is 0.416 e. The SMILES string of the molecule is CC(C)N(C(=S)Nc1cccc(C(F)(F)F)c1)[C@H](C)c1ccccn1. The summed E-state index contributed by atoms with van der Waals surface area (Å²) in [6.07, 6.45) is -2.69. The first-order valence-electron chi connectivity index (χ1n) is 7.87. The van der Waals surface area contributed by atoms with Crippen LogP contribution in [0, 0.1) is 0 Å². The second-order valence-electron chi connectivity index (χ2n) is 5.94. The van der Waals surface area contributed by atoms with Gasteiger partial charge in [0.05, 0.1) is 17.3 Å². The van der Waals surface area contributed by atoms with Gasteiger partial charge in [-0.1, -0.05) is 12.1 Å². The monoisotopic (exact) mass is 367 g/mol.